The molecule has 1 heterocycles. The highest BCUT2D eigenvalue weighted by atomic mass is 15.1. The molecule has 0 saturated heterocycles. The molecule has 5 nitrogen and oxygen atoms in total. The molecule has 0 aromatic carbocycles. The summed E-state index contributed by atoms with van der Waals surface area (Å²) in [6.07, 6.45) is 1.10. The van der Waals surface area contributed by atoms with Gasteiger partial charge in [0, 0.05) is 24.8 Å². The molecule has 0 fully saturated rings. The van der Waals surface area contributed by atoms with Crippen molar-refractivity contribution in [3.05, 3.63) is 11.8 Å². The standard InChI is InChI=1S/C14H27N5/c1-11(2)10-16-14-17-12(3)9-13(18-14)15-7-6-8-19(4)5/h9,11H,6-8,10H2,1-5H3,(H2,15,16,17,18). The summed E-state index contributed by atoms with van der Waals surface area (Å²) in [5.74, 6) is 2.20. The maximum absolute atomic E-state index is 4.48. The van der Waals surface area contributed by atoms with Crippen molar-refractivity contribution in [2.75, 3.05) is 44.4 Å². The van der Waals surface area contributed by atoms with Crippen LogP contribution in [0, 0.1) is 12.8 Å². The third kappa shape index (κ3) is 6.96. The van der Waals surface area contributed by atoms with Crippen molar-refractivity contribution in [3.8, 4) is 0 Å². The number of nitrogens with zero attached hydrogens (tertiary/aromatic N) is 3. The van der Waals surface area contributed by atoms with E-state index in [-0.39, 0.29) is 0 Å². The Hall–Kier alpha value is -1.36. The molecule has 0 aliphatic heterocycles. The second-order valence-electron chi connectivity index (χ2n) is 5.58. The molecule has 2 N–H and O–H groups in total. The van der Waals surface area contributed by atoms with Crippen molar-refractivity contribution in [2.45, 2.75) is 27.2 Å². The predicted molar refractivity (Wildman–Crippen MR) is 81.8 cm³/mol. The van der Waals surface area contributed by atoms with Crippen LogP contribution in [0.3, 0.4) is 0 Å². The Morgan fingerprint density at radius 2 is 1.95 bits per heavy atom. The van der Waals surface area contributed by atoms with Crippen molar-refractivity contribution in [1.82, 2.24) is 14.9 Å². The minimum absolute atomic E-state index is 0.584. The minimum Gasteiger partial charge on any atom is -0.370 e. The van der Waals surface area contributed by atoms with E-state index in [0.29, 0.717) is 11.9 Å². The van der Waals surface area contributed by atoms with Gasteiger partial charge in [0.1, 0.15) is 5.82 Å². The molecular weight excluding hydrogens is 238 g/mol. The van der Waals surface area contributed by atoms with Crippen LogP contribution in [0.15, 0.2) is 6.07 Å². The van der Waals surface area contributed by atoms with E-state index in [1.165, 1.54) is 0 Å². The first-order chi connectivity index (χ1) is 8.97. The highest BCUT2D eigenvalue weighted by Gasteiger charge is 2.02. The van der Waals surface area contributed by atoms with Gasteiger partial charge in [0.15, 0.2) is 0 Å². The van der Waals surface area contributed by atoms with Crippen molar-refractivity contribution < 1.29 is 0 Å². The predicted octanol–water partition coefficient (Wildman–Crippen LogP) is 2.22. The second-order valence-corrected chi connectivity index (χ2v) is 5.58. The maximum Gasteiger partial charge on any atom is 0.224 e. The number of aryl methyl sites for hydroxylation is 1. The van der Waals surface area contributed by atoms with E-state index in [2.05, 4.69) is 53.4 Å². The summed E-state index contributed by atoms with van der Waals surface area (Å²) in [4.78, 5) is 11.1. The molecule has 0 unspecified atom stereocenters. The largest absolute Gasteiger partial charge is 0.370 e. The van der Waals surface area contributed by atoms with Gasteiger partial charge < -0.3 is 15.5 Å². The first-order valence-electron chi connectivity index (χ1n) is 6.95. The highest BCUT2D eigenvalue weighted by Crippen LogP contribution is 2.10. The molecule has 108 valence electrons. The van der Waals surface area contributed by atoms with Crippen LogP contribution in [0.1, 0.15) is 26.0 Å². The van der Waals surface area contributed by atoms with Crippen LogP contribution in [-0.4, -0.2) is 48.6 Å². The summed E-state index contributed by atoms with van der Waals surface area (Å²) < 4.78 is 0. The fourth-order valence-corrected chi connectivity index (χ4v) is 1.65. The molecule has 0 amide bonds. The Morgan fingerprint density at radius 1 is 1.21 bits per heavy atom. The molecule has 0 saturated carbocycles. The summed E-state index contributed by atoms with van der Waals surface area (Å²) >= 11 is 0. The molecule has 1 aromatic rings. The Labute approximate surface area is 116 Å². The number of aromatic nitrogens is 2. The number of hydrogen-bond donors (Lipinski definition) is 2. The summed E-state index contributed by atoms with van der Waals surface area (Å²) in [6.45, 7) is 9.23. The number of nitrogens with one attached hydrogen (secondary N) is 2. The van der Waals surface area contributed by atoms with E-state index in [4.69, 9.17) is 0 Å². The highest BCUT2D eigenvalue weighted by molar-refractivity contribution is 5.42. The fraction of sp³-hybridized carbons (Fsp3) is 0.714. The topological polar surface area (TPSA) is 53.1 Å². The van der Waals surface area contributed by atoms with Gasteiger partial charge in [-0.15, -0.1) is 0 Å². The van der Waals surface area contributed by atoms with Crippen molar-refractivity contribution in [3.63, 3.8) is 0 Å². The fourth-order valence-electron chi connectivity index (χ4n) is 1.65. The van der Waals surface area contributed by atoms with E-state index < -0.39 is 0 Å². The molecular formula is C14H27N5. The molecule has 0 bridgehead atoms. The Balaban J connectivity index is 2.48. The van der Waals surface area contributed by atoms with E-state index in [1.807, 2.05) is 13.0 Å². The molecule has 19 heavy (non-hydrogen) atoms. The van der Waals surface area contributed by atoms with Gasteiger partial charge in [0.05, 0.1) is 0 Å². The Bertz CT molecular complexity index is 376. The van der Waals surface area contributed by atoms with Gasteiger partial charge in [-0.3, -0.25) is 0 Å². The van der Waals surface area contributed by atoms with E-state index >= 15 is 0 Å². The zero-order valence-electron chi connectivity index (χ0n) is 12.8. The Kier molecular flexibility index (Phi) is 6.56. The second kappa shape index (κ2) is 7.94. The summed E-state index contributed by atoms with van der Waals surface area (Å²) in [5, 5.41) is 6.61. The zero-order valence-corrected chi connectivity index (χ0v) is 12.8. The summed E-state index contributed by atoms with van der Waals surface area (Å²) in [7, 11) is 4.17. The quantitative estimate of drug-likeness (QED) is 0.706. The lowest BCUT2D eigenvalue weighted by atomic mass is 10.2. The van der Waals surface area contributed by atoms with Crippen LogP contribution < -0.4 is 10.6 Å². The summed E-state index contributed by atoms with van der Waals surface area (Å²) in [5.41, 5.74) is 0.983. The average Bonchev–Trinajstić information content (AvgIpc) is 2.31. The number of rotatable bonds is 8. The van der Waals surface area contributed by atoms with Crippen molar-refractivity contribution in [2.24, 2.45) is 5.92 Å². The number of hydrogen-bond acceptors (Lipinski definition) is 5. The van der Waals surface area contributed by atoms with Crippen LogP contribution in [0.25, 0.3) is 0 Å². The Morgan fingerprint density at radius 3 is 2.58 bits per heavy atom. The van der Waals surface area contributed by atoms with Crippen LogP contribution in [0.4, 0.5) is 11.8 Å². The maximum atomic E-state index is 4.48. The molecule has 1 rings (SSSR count). The molecule has 0 radical (unpaired) electrons. The first-order valence-corrected chi connectivity index (χ1v) is 6.95. The third-order valence-corrected chi connectivity index (χ3v) is 2.61. The average molecular weight is 265 g/mol. The smallest absolute Gasteiger partial charge is 0.224 e. The van der Waals surface area contributed by atoms with Crippen molar-refractivity contribution >= 4 is 11.8 Å². The van der Waals surface area contributed by atoms with E-state index in [9.17, 15) is 0 Å². The third-order valence-electron chi connectivity index (χ3n) is 2.61. The SMILES string of the molecule is Cc1cc(NCCCN(C)C)nc(NCC(C)C)n1. The van der Waals surface area contributed by atoms with Crippen LogP contribution >= 0.6 is 0 Å². The van der Waals surface area contributed by atoms with Gasteiger partial charge >= 0.3 is 0 Å². The molecule has 0 spiro atoms. The lowest BCUT2D eigenvalue weighted by Gasteiger charge is -2.12. The van der Waals surface area contributed by atoms with Gasteiger partial charge in [-0.25, -0.2) is 4.98 Å². The number of anilines is 2. The summed E-state index contributed by atoms with van der Waals surface area (Å²) in [6, 6.07) is 1.98. The molecule has 0 aliphatic carbocycles. The van der Waals surface area contributed by atoms with Gasteiger partial charge in [-0.2, -0.15) is 4.98 Å². The van der Waals surface area contributed by atoms with E-state index in [0.717, 1.165) is 37.6 Å². The van der Waals surface area contributed by atoms with E-state index in [1.54, 1.807) is 0 Å². The van der Waals surface area contributed by atoms with Gasteiger partial charge in [-0.1, -0.05) is 13.8 Å². The molecule has 0 aliphatic rings. The lowest BCUT2D eigenvalue weighted by Crippen LogP contribution is -2.17. The van der Waals surface area contributed by atoms with Gasteiger partial charge in [0.25, 0.3) is 0 Å². The van der Waals surface area contributed by atoms with Crippen LogP contribution in [0.2, 0.25) is 0 Å². The lowest BCUT2D eigenvalue weighted by molar-refractivity contribution is 0.405. The van der Waals surface area contributed by atoms with Gasteiger partial charge in [-0.05, 0) is 39.9 Å². The zero-order chi connectivity index (χ0) is 14.3. The monoisotopic (exact) mass is 265 g/mol. The van der Waals surface area contributed by atoms with Crippen LogP contribution in [-0.2, 0) is 0 Å². The van der Waals surface area contributed by atoms with Crippen LogP contribution in [0.5, 0.6) is 0 Å². The molecule has 5 heteroatoms. The van der Waals surface area contributed by atoms with Crippen molar-refractivity contribution in [1.29, 1.82) is 0 Å². The molecule has 0 atom stereocenters. The van der Waals surface area contributed by atoms with Gasteiger partial charge in [0.2, 0.25) is 5.95 Å². The first kappa shape index (κ1) is 15.7. The normalized spacial score (nSPS) is 11.1. The molecule has 1 aromatic heterocycles. The minimum atomic E-state index is 0.584.